The smallest absolute Gasteiger partial charge is 0.184 e. The number of alkyl halides is 1. The summed E-state index contributed by atoms with van der Waals surface area (Å²) in [5.74, 6) is 0. The third-order valence-corrected chi connectivity index (χ3v) is 1.49. The van der Waals surface area contributed by atoms with Gasteiger partial charge in [-0.2, -0.15) is 0 Å². The van der Waals surface area contributed by atoms with Crippen LogP contribution in [-0.2, 0) is 4.74 Å². The molecule has 0 aromatic heterocycles. The lowest BCUT2D eigenvalue weighted by atomic mass is 10.1. The number of rotatable bonds is 1. The molecule has 0 unspecified atom stereocenters. The number of aliphatic hydroxyl groups is 3. The molecule has 10 heavy (non-hydrogen) atoms. The maximum atomic E-state index is 11.8. The zero-order chi connectivity index (χ0) is 7.72. The Morgan fingerprint density at radius 1 is 1.20 bits per heavy atom. The highest BCUT2D eigenvalue weighted by Crippen LogP contribution is 2.19. The highest BCUT2D eigenvalue weighted by atomic mass is 19.1. The molecule has 0 aliphatic carbocycles. The van der Waals surface area contributed by atoms with E-state index in [-0.39, 0.29) is 0 Å². The van der Waals surface area contributed by atoms with Gasteiger partial charge in [-0.1, -0.05) is 0 Å². The van der Waals surface area contributed by atoms with E-state index >= 15 is 0 Å². The minimum Gasteiger partial charge on any atom is -0.387 e. The summed E-state index contributed by atoms with van der Waals surface area (Å²) in [5, 5.41) is 26.3. The van der Waals surface area contributed by atoms with Crippen LogP contribution in [0.15, 0.2) is 0 Å². The van der Waals surface area contributed by atoms with Gasteiger partial charge in [0.25, 0.3) is 0 Å². The first-order valence-corrected chi connectivity index (χ1v) is 2.92. The lowest BCUT2D eigenvalue weighted by Crippen LogP contribution is -2.33. The first kappa shape index (κ1) is 7.87. The molecule has 1 aliphatic rings. The summed E-state index contributed by atoms with van der Waals surface area (Å²) in [7, 11) is 0. The van der Waals surface area contributed by atoms with Crippen LogP contribution in [0.4, 0.5) is 4.39 Å². The minimum atomic E-state index is -1.46. The van der Waals surface area contributed by atoms with Crippen LogP contribution in [0, 0.1) is 0 Å². The molecule has 1 saturated heterocycles. The Morgan fingerprint density at radius 2 is 1.80 bits per heavy atom. The second-order valence-corrected chi connectivity index (χ2v) is 2.20. The average molecular weight is 152 g/mol. The molecule has 0 saturated carbocycles. The monoisotopic (exact) mass is 152 g/mol. The molecule has 1 aliphatic heterocycles. The van der Waals surface area contributed by atoms with E-state index in [1.165, 1.54) is 0 Å². The lowest BCUT2D eigenvalue weighted by Gasteiger charge is -2.08. The minimum absolute atomic E-state index is 0.907. The molecule has 4 nitrogen and oxygen atoms in total. The molecule has 1 heterocycles. The van der Waals surface area contributed by atoms with Gasteiger partial charge in [0.15, 0.2) is 6.29 Å². The van der Waals surface area contributed by atoms with Crippen molar-refractivity contribution in [3.8, 4) is 0 Å². The molecule has 5 heteroatoms. The second-order valence-electron chi connectivity index (χ2n) is 2.20. The number of halogens is 1. The van der Waals surface area contributed by atoms with E-state index in [1.54, 1.807) is 0 Å². The lowest BCUT2D eigenvalue weighted by molar-refractivity contribution is -0.129. The molecule has 4 atom stereocenters. The van der Waals surface area contributed by atoms with Gasteiger partial charge in [0.1, 0.15) is 25.0 Å². The van der Waals surface area contributed by atoms with Crippen LogP contribution in [0.1, 0.15) is 0 Å². The van der Waals surface area contributed by atoms with Gasteiger partial charge < -0.3 is 20.1 Å². The van der Waals surface area contributed by atoms with E-state index in [0.717, 1.165) is 0 Å². The summed E-state index contributed by atoms with van der Waals surface area (Å²) in [6.45, 7) is -0.907. The van der Waals surface area contributed by atoms with Gasteiger partial charge >= 0.3 is 0 Å². The maximum Gasteiger partial charge on any atom is 0.184 e. The number of hydrogen-bond acceptors (Lipinski definition) is 4. The molecule has 0 spiro atoms. The Bertz CT molecular complexity index is 120. The summed E-state index contributed by atoms with van der Waals surface area (Å²) in [6.07, 6.45) is -5.26. The van der Waals surface area contributed by atoms with Crippen molar-refractivity contribution in [1.82, 2.24) is 0 Å². The standard InChI is InChI=1S/C5H9FO4/c6-1-2-3(7)4(8)5(9)10-2/h2-5,7-9H,1H2/t2-,3-,4+,5-/m1/s1. The van der Waals surface area contributed by atoms with Crippen LogP contribution >= 0.6 is 0 Å². The van der Waals surface area contributed by atoms with Gasteiger partial charge in [0, 0.05) is 0 Å². The summed E-state index contributed by atoms with van der Waals surface area (Å²) in [5.41, 5.74) is 0. The van der Waals surface area contributed by atoms with Crippen molar-refractivity contribution in [3.63, 3.8) is 0 Å². The molecule has 0 bridgehead atoms. The highest BCUT2D eigenvalue weighted by Gasteiger charge is 2.41. The van der Waals surface area contributed by atoms with Crippen LogP contribution < -0.4 is 0 Å². The first-order valence-electron chi connectivity index (χ1n) is 2.92. The van der Waals surface area contributed by atoms with E-state index in [9.17, 15) is 4.39 Å². The van der Waals surface area contributed by atoms with E-state index < -0.39 is 31.3 Å². The van der Waals surface area contributed by atoms with Crippen molar-refractivity contribution in [3.05, 3.63) is 0 Å². The highest BCUT2D eigenvalue weighted by molar-refractivity contribution is 4.84. The quantitative estimate of drug-likeness (QED) is 0.423. The zero-order valence-corrected chi connectivity index (χ0v) is 5.14. The number of hydrogen-bond donors (Lipinski definition) is 3. The number of aliphatic hydroxyl groups excluding tert-OH is 3. The molecule has 60 valence electrons. The van der Waals surface area contributed by atoms with Gasteiger partial charge in [-0.05, 0) is 0 Å². The van der Waals surface area contributed by atoms with E-state index in [1.807, 2.05) is 0 Å². The van der Waals surface area contributed by atoms with Crippen LogP contribution in [-0.4, -0.2) is 46.6 Å². The summed E-state index contributed by atoms with van der Waals surface area (Å²) in [6, 6.07) is 0. The van der Waals surface area contributed by atoms with Gasteiger partial charge in [0.2, 0.25) is 0 Å². The fourth-order valence-electron chi connectivity index (χ4n) is 0.856. The fraction of sp³-hybridized carbons (Fsp3) is 1.00. The summed E-state index contributed by atoms with van der Waals surface area (Å²) in [4.78, 5) is 0. The van der Waals surface area contributed by atoms with Crippen molar-refractivity contribution in [2.45, 2.75) is 24.6 Å². The predicted octanol–water partition coefficient (Wildman–Crippen LogP) is -1.61. The van der Waals surface area contributed by atoms with Crippen LogP contribution in [0.5, 0.6) is 0 Å². The molecular formula is C5H9FO4. The van der Waals surface area contributed by atoms with E-state index in [2.05, 4.69) is 4.74 Å². The largest absolute Gasteiger partial charge is 0.387 e. The molecule has 1 fully saturated rings. The summed E-state index contributed by atoms with van der Waals surface area (Å²) < 4.78 is 16.2. The molecule has 0 aromatic carbocycles. The molecular weight excluding hydrogens is 143 g/mol. The Labute approximate surface area is 56.9 Å². The Morgan fingerprint density at radius 3 is 2.00 bits per heavy atom. The van der Waals surface area contributed by atoms with Crippen LogP contribution in [0.25, 0.3) is 0 Å². The van der Waals surface area contributed by atoms with Gasteiger partial charge in [-0.15, -0.1) is 0 Å². The zero-order valence-electron chi connectivity index (χ0n) is 5.14. The number of ether oxygens (including phenoxy) is 1. The summed E-state index contributed by atoms with van der Waals surface area (Å²) >= 11 is 0. The van der Waals surface area contributed by atoms with Gasteiger partial charge in [-0.25, -0.2) is 4.39 Å². The normalized spacial score (nSPS) is 48.0. The fourth-order valence-corrected chi connectivity index (χ4v) is 0.856. The van der Waals surface area contributed by atoms with Gasteiger partial charge in [-0.3, -0.25) is 0 Å². The third kappa shape index (κ3) is 1.13. The van der Waals surface area contributed by atoms with Crippen molar-refractivity contribution >= 4 is 0 Å². The molecule has 1 rings (SSSR count). The van der Waals surface area contributed by atoms with E-state index in [4.69, 9.17) is 15.3 Å². The Balaban J connectivity index is 2.53. The van der Waals surface area contributed by atoms with Crippen molar-refractivity contribution < 1.29 is 24.4 Å². The van der Waals surface area contributed by atoms with Gasteiger partial charge in [0.05, 0.1) is 0 Å². The van der Waals surface area contributed by atoms with Crippen molar-refractivity contribution in [2.24, 2.45) is 0 Å². The topological polar surface area (TPSA) is 69.9 Å². The predicted molar refractivity (Wildman–Crippen MR) is 28.9 cm³/mol. The van der Waals surface area contributed by atoms with Crippen molar-refractivity contribution in [1.29, 1.82) is 0 Å². The second kappa shape index (κ2) is 2.79. The van der Waals surface area contributed by atoms with E-state index in [0.29, 0.717) is 0 Å². The average Bonchev–Trinajstić information content (AvgIpc) is 2.17. The molecule has 0 aromatic rings. The van der Waals surface area contributed by atoms with Crippen LogP contribution in [0.3, 0.4) is 0 Å². The Kier molecular flexibility index (Phi) is 2.20. The van der Waals surface area contributed by atoms with Crippen LogP contribution in [0.2, 0.25) is 0 Å². The molecule has 0 radical (unpaired) electrons. The molecule has 3 N–H and O–H groups in total. The van der Waals surface area contributed by atoms with Crippen molar-refractivity contribution in [2.75, 3.05) is 6.67 Å². The first-order chi connectivity index (χ1) is 4.66. The third-order valence-electron chi connectivity index (χ3n) is 1.49. The Hall–Kier alpha value is -0.230. The molecule has 0 amide bonds. The SMILES string of the molecule is O[C@H]1[C@H](O)[C@@H](CF)O[C@H]1O. The maximum absolute atomic E-state index is 11.8.